The van der Waals surface area contributed by atoms with E-state index in [9.17, 15) is 4.79 Å². The summed E-state index contributed by atoms with van der Waals surface area (Å²) < 4.78 is 15.8. The average Bonchev–Trinajstić information content (AvgIpc) is 2.69. The topological polar surface area (TPSA) is 70.5 Å². The number of hydrogen-bond acceptors (Lipinski definition) is 6. The Hall–Kier alpha value is -2.47. The molecule has 6 nitrogen and oxygen atoms in total. The van der Waals surface area contributed by atoms with Crippen LogP contribution in [0.15, 0.2) is 36.7 Å². The van der Waals surface area contributed by atoms with Crippen molar-refractivity contribution in [2.24, 2.45) is 0 Å². The molecule has 0 aliphatic rings. The van der Waals surface area contributed by atoms with Crippen LogP contribution in [-0.4, -0.2) is 42.4 Å². The van der Waals surface area contributed by atoms with Crippen molar-refractivity contribution in [3.05, 3.63) is 53.5 Å². The minimum atomic E-state index is -1.03. The number of aryl methyl sites for hydroxylation is 1. The molecule has 1 atom stereocenters. The van der Waals surface area contributed by atoms with Crippen molar-refractivity contribution in [3.8, 4) is 5.88 Å². The number of carbonyl (C=O) groups is 1. The molecule has 1 unspecified atom stereocenters. The van der Waals surface area contributed by atoms with Crippen LogP contribution in [0.1, 0.15) is 30.7 Å². The maximum atomic E-state index is 11.9. The molecule has 2 heterocycles. The van der Waals surface area contributed by atoms with Crippen molar-refractivity contribution in [2.75, 3.05) is 20.8 Å². The zero-order valence-electron chi connectivity index (χ0n) is 15.8. The minimum Gasteiger partial charge on any atom is -0.477 e. The zero-order chi connectivity index (χ0) is 19.0. The highest BCUT2D eigenvalue weighted by Gasteiger charge is 2.34. The number of hydrogen-bond donors (Lipinski definition) is 0. The maximum Gasteiger partial charge on any atom is 0.338 e. The summed E-state index contributed by atoms with van der Waals surface area (Å²) in [5.74, 6) is 0.123. The van der Waals surface area contributed by atoms with Gasteiger partial charge in [-0.05, 0) is 30.5 Å². The van der Waals surface area contributed by atoms with Crippen LogP contribution < -0.4 is 4.74 Å². The molecule has 0 N–H and O–H groups in total. The summed E-state index contributed by atoms with van der Waals surface area (Å²) in [5, 5.41) is 0. The predicted octanol–water partition coefficient (Wildman–Crippen LogP) is 2.78. The molecule has 0 aliphatic heterocycles. The van der Waals surface area contributed by atoms with Crippen molar-refractivity contribution in [1.29, 1.82) is 0 Å². The molecule has 0 aromatic carbocycles. The van der Waals surface area contributed by atoms with Gasteiger partial charge in [-0.25, -0.2) is 9.78 Å². The molecule has 0 spiro atoms. The Balaban J connectivity index is 1.87. The van der Waals surface area contributed by atoms with Crippen LogP contribution in [0.5, 0.6) is 5.88 Å². The lowest BCUT2D eigenvalue weighted by Gasteiger charge is -2.24. The van der Waals surface area contributed by atoms with Gasteiger partial charge in [-0.1, -0.05) is 19.1 Å². The normalized spacial score (nSPS) is 13.1. The fraction of sp³-hybridized carbons (Fsp3) is 0.450. The second kappa shape index (κ2) is 9.29. The lowest BCUT2D eigenvalue weighted by molar-refractivity contribution is -0.163. The van der Waals surface area contributed by atoms with E-state index >= 15 is 0 Å². The number of rotatable bonds is 9. The van der Waals surface area contributed by atoms with Crippen molar-refractivity contribution in [3.63, 3.8) is 0 Å². The molecule has 0 saturated carbocycles. The first kappa shape index (κ1) is 19.8. The molecule has 26 heavy (non-hydrogen) atoms. The van der Waals surface area contributed by atoms with Gasteiger partial charge in [-0.3, -0.25) is 4.98 Å². The second-order valence-electron chi connectivity index (χ2n) is 6.22. The number of ether oxygens (including phenoxy) is 3. The third-order valence-electron chi connectivity index (χ3n) is 4.31. The van der Waals surface area contributed by atoms with Gasteiger partial charge < -0.3 is 14.2 Å². The van der Waals surface area contributed by atoms with E-state index in [2.05, 4.69) is 23.0 Å². The molecular weight excluding hydrogens is 332 g/mol. The van der Waals surface area contributed by atoms with E-state index in [0.717, 1.165) is 24.1 Å². The van der Waals surface area contributed by atoms with E-state index < -0.39 is 11.6 Å². The van der Waals surface area contributed by atoms with Crippen LogP contribution in [0.4, 0.5) is 0 Å². The fourth-order valence-corrected chi connectivity index (χ4v) is 2.51. The van der Waals surface area contributed by atoms with Gasteiger partial charge in [0.05, 0.1) is 13.7 Å². The van der Waals surface area contributed by atoms with E-state index in [4.69, 9.17) is 14.2 Å². The van der Waals surface area contributed by atoms with Gasteiger partial charge in [0, 0.05) is 44.1 Å². The Morgan fingerprint density at radius 2 is 1.81 bits per heavy atom. The molecule has 0 fully saturated rings. The largest absolute Gasteiger partial charge is 0.477 e. The number of carbonyl (C=O) groups excluding carboxylic acids is 1. The van der Waals surface area contributed by atoms with E-state index in [0.29, 0.717) is 18.9 Å². The standard InChI is InChI=1S/C20H26N2O4/c1-5-15-6-8-17(21-13-15)10-11-26-18-9-7-16(14-22-18)12-20(2,25-4)19(23)24-3/h6-9,13-14H,5,10-12H2,1-4H3. The van der Waals surface area contributed by atoms with Crippen molar-refractivity contribution in [1.82, 2.24) is 9.97 Å². The molecule has 0 bridgehead atoms. The number of nitrogens with zero attached hydrogens (tertiary/aromatic N) is 2. The highest BCUT2D eigenvalue weighted by Crippen LogP contribution is 2.19. The number of aromatic nitrogens is 2. The van der Waals surface area contributed by atoms with Crippen LogP contribution >= 0.6 is 0 Å². The van der Waals surface area contributed by atoms with Crippen LogP contribution in [0.2, 0.25) is 0 Å². The summed E-state index contributed by atoms with van der Waals surface area (Å²) >= 11 is 0. The van der Waals surface area contributed by atoms with Gasteiger partial charge in [0.1, 0.15) is 0 Å². The molecule has 2 aromatic heterocycles. The highest BCUT2D eigenvalue weighted by molar-refractivity contribution is 5.79. The quantitative estimate of drug-likeness (QED) is 0.642. The van der Waals surface area contributed by atoms with Gasteiger partial charge >= 0.3 is 5.97 Å². The number of pyridine rings is 2. The zero-order valence-corrected chi connectivity index (χ0v) is 15.8. The van der Waals surface area contributed by atoms with Crippen molar-refractivity contribution in [2.45, 2.75) is 38.7 Å². The van der Waals surface area contributed by atoms with E-state index in [-0.39, 0.29) is 0 Å². The Kier molecular flexibility index (Phi) is 7.09. The summed E-state index contributed by atoms with van der Waals surface area (Å²) in [4.78, 5) is 20.6. The Labute approximate surface area is 154 Å². The Morgan fingerprint density at radius 3 is 2.35 bits per heavy atom. The number of esters is 1. The smallest absolute Gasteiger partial charge is 0.338 e. The fourth-order valence-electron chi connectivity index (χ4n) is 2.51. The summed E-state index contributed by atoms with van der Waals surface area (Å²) in [6, 6.07) is 7.77. The summed E-state index contributed by atoms with van der Waals surface area (Å²) in [6.07, 6.45) is 5.66. The lowest BCUT2D eigenvalue weighted by atomic mass is 9.97. The SMILES string of the molecule is CCc1ccc(CCOc2ccc(CC(C)(OC)C(=O)OC)cn2)nc1. The molecule has 0 saturated heterocycles. The first-order valence-electron chi connectivity index (χ1n) is 8.66. The first-order valence-corrected chi connectivity index (χ1v) is 8.66. The van der Waals surface area contributed by atoms with Crippen molar-refractivity contribution < 1.29 is 19.0 Å². The molecular formula is C20H26N2O4. The predicted molar refractivity (Wildman–Crippen MR) is 98.2 cm³/mol. The molecule has 0 amide bonds. The number of methoxy groups -OCH3 is 2. The van der Waals surface area contributed by atoms with Crippen LogP contribution in [-0.2, 0) is 33.5 Å². The molecule has 2 rings (SSSR count). The van der Waals surface area contributed by atoms with E-state index in [1.807, 2.05) is 18.3 Å². The molecule has 0 radical (unpaired) electrons. The average molecular weight is 358 g/mol. The lowest BCUT2D eigenvalue weighted by Crippen LogP contribution is -2.40. The van der Waals surface area contributed by atoms with Gasteiger partial charge in [-0.15, -0.1) is 0 Å². The highest BCUT2D eigenvalue weighted by atomic mass is 16.6. The Morgan fingerprint density at radius 1 is 1.08 bits per heavy atom. The van der Waals surface area contributed by atoms with E-state index in [1.54, 1.807) is 19.2 Å². The van der Waals surface area contributed by atoms with E-state index in [1.165, 1.54) is 19.8 Å². The van der Waals surface area contributed by atoms with Crippen LogP contribution in [0, 0.1) is 0 Å². The van der Waals surface area contributed by atoms with Crippen LogP contribution in [0.25, 0.3) is 0 Å². The van der Waals surface area contributed by atoms with Crippen molar-refractivity contribution >= 4 is 5.97 Å². The Bertz CT molecular complexity index is 701. The van der Waals surface area contributed by atoms with Gasteiger partial charge in [0.2, 0.25) is 5.88 Å². The molecule has 0 aliphatic carbocycles. The molecule has 6 heteroatoms. The molecule has 140 valence electrons. The van der Waals surface area contributed by atoms with Gasteiger partial charge in [0.15, 0.2) is 5.60 Å². The van der Waals surface area contributed by atoms with Gasteiger partial charge in [-0.2, -0.15) is 0 Å². The summed E-state index contributed by atoms with van der Waals surface area (Å²) in [5.41, 5.74) is 2.05. The van der Waals surface area contributed by atoms with Gasteiger partial charge in [0.25, 0.3) is 0 Å². The monoisotopic (exact) mass is 358 g/mol. The molecule has 2 aromatic rings. The third-order valence-corrected chi connectivity index (χ3v) is 4.31. The van der Waals surface area contributed by atoms with Crippen LogP contribution in [0.3, 0.4) is 0 Å². The first-order chi connectivity index (χ1) is 12.5. The second-order valence-corrected chi connectivity index (χ2v) is 6.22. The maximum absolute atomic E-state index is 11.9. The third kappa shape index (κ3) is 5.26. The summed E-state index contributed by atoms with van der Waals surface area (Å²) in [7, 11) is 2.84. The summed E-state index contributed by atoms with van der Waals surface area (Å²) in [6.45, 7) is 4.30. The minimum absolute atomic E-state index is 0.372.